The second kappa shape index (κ2) is 5.47. The summed E-state index contributed by atoms with van der Waals surface area (Å²) in [5.74, 6) is 0.105. The van der Waals surface area contributed by atoms with Gasteiger partial charge in [-0.1, -0.05) is 6.07 Å². The average molecular weight is 289 g/mol. The molecule has 6 nitrogen and oxygen atoms in total. The first kappa shape index (κ1) is 13.5. The van der Waals surface area contributed by atoms with Crippen LogP contribution in [-0.2, 0) is 9.59 Å². The number of carboxylic acid groups (broad SMARTS) is 1. The number of amides is 1. The van der Waals surface area contributed by atoms with Crippen LogP contribution < -0.4 is 9.47 Å². The molecule has 1 N–H and O–H groups in total. The summed E-state index contributed by atoms with van der Waals surface area (Å²) < 4.78 is 10.5. The molecule has 0 aliphatic carbocycles. The third kappa shape index (κ3) is 2.69. The Balaban J connectivity index is 1.71. The van der Waals surface area contributed by atoms with E-state index in [9.17, 15) is 9.59 Å². The third-order valence-electron chi connectivity index (χ3n) is 3.64. The number of carbonyl (C=O) groups excluding carboxylic acids is 1. The molecule has 1 aromatic carbocycles. The van der Waals surface area contributed by atoms with E-state index >= 15 is 0 Å². The van der Waals surface area contributed by atoms with Crippen molar-refractivity contribution in [2.75, 3.05) is 13.3 Å². The van der Waals surface area contributed by atoms with Crippen molar-refractivity contribution in [1.29, 1.82) is 0 Å². The lowest BCUT2D eigenvalue weighted by Crippen LogP contribution is -2.39. The van der Waals surface area contributed by atoms with Crippen LogP contribution in [0, 0.1) is 0 Å². The minimum Gasteiger partial charge on any atom is -0.480 e. The quantitative estimate of drug-likeness (QED) is 0.853. The van der Waals surface area contributed by atoms with E-state index in [1.165, 1.54) is 11.0 Å². The second-order valence-corrected chi connectivity index (χ2v) is 4.97. The molecule has 0 unspecified atom stereocenters. The number of carboxylic acids is 1. The number of nitrogens with zero attached hydrogens (tertiary/aromatic N) is 1. The largest absolute Gasteiger partial charge is 0.480 e. The van der Waals surface area contributed by atoms with Crippen molar-refractivity contribution in [2.24, 2.45) is 0 Å². The molecule has 0 spiro atoms. The van der Waals surface area contributed by atoms with Gasteiger partial charge in [-0.25, -0.2) is 4.79 Å². The molecule has 0 bridgehead atoms. The van der Waals surface area contributed by atoms with Crippen LogP contribution in [0.1, 0.15) is 18.4 Å². The molecule has 2 aliphatic rings. The molecule has 1 atom stereocenters. The zero-order valence-electron chi connectivity index (χ0n) is 11.3. The molecule has 1 saturated heterocycles. The van der Waals surface area contributed by atoms with Gasteiger partial charge >= 0.3 is 5.97 Å². The van der Waals surface area contributed by atoms with Crippen molar-refractivity contribution >= 4 is 18.0 Å². The highest BCUT2D eigenvalue weighted by molar-refractivity contribution is 5.94. The van der Waals surface area contributed by atoms with Crippen molar-refractivity contribution in [3.05, 3.63) is 29.8 Å². The number of hydrogen-bond donors (Lipinski definition) is 1. The van der Waals surface area contributed by atoms with Crippen LogP contribution >= 0.6 is 0 Å². The van der Waals surface area contributed by atoms with Gasteiger partial charge in [0, 0.05) is 12.6 Å². The van der Waals surface area contributed by atoms with Gasteiger partial charge in [0.1, 0.15) is 6.04 Å². The van der Waals surface area contributed by atoms with E-state index < -0.39 is 12.0 Å². The lowest BCUT2D eigenvalue weighted by Gasteiger charge is -2.19. The highest BCUT2D eigenvalue weighted by atomic mass is 16.7. The van der Waals surface area contributed by atoms with E-state index in [4.69, 9.17) is 14.6 Å². The minimum atomic E-state index is -0.947. The van der Waals surface area contributed by atoms with Crippen LogP contribution in [0.5, 0.6) is 11.5 Å². The maximum absolute atomic E-state index is 12.1. The molecule has 3 rings (SSSR count). The Morgan fingerprint density at radius 2 is 2.10 bits per heavy atom. The Bertz CT molecular complexity index is 610. The summed E-state index contributed by atoms with van der Waals surface area (Å²) in [5.41, 5.74) is 0.804. The van der Waals surface area contributed by atoms with Crippen molar-refractivity contribution in [2.45, 2.75) is 18.9 Å². The Kier molecular flexibility index (Phi) is 3.51. The molecule has 21 heavy (non-hydrogen) atoms. The van der Waals surface area contributed by atoms with E-state index in [-0.39, 0.29) is 12.7 Å². The number of likely N-dealkylation sites (tertiary alicyclic amines) is 1. The molecular formula is C15H15NO5. The summed E-state index contributed by atoms with van der Waals surface area (Å²) in [7, 11) is 0. The van der Waals surface area contributed by atoms with Crippen LogP contribution in [0.15, 0.2) is 24.3 Å². The third-order valence-corrected chi connectivity index (χ3v) is 3.64. The van der Waals surface area contributed by atoms with E-state index in [1.807, 2.05) is 6.07 Å². The molecule has 2 heterocycles. The number of ether oxygens (including phenoxy) is 2. The van der Waals surface area contributed by atoms with Gasteiger partial charge in [0.25, 0.3) is 0 Å². The van der Waals surface area contributed by atoms with Crippen LogP contribution in [0.25, 0.3) is 6.08 Å². The molecule has 2 aliphatic heterocycles. The monoisotopic (exact) mass is 289 g/mol. The Morgan fingerprint density at radius 1 is 1.29 bits per heavy atom. The van der Waals surface area contributed by atoms with E-state index in [1.54, 1.807) is 18.2 Å². The number of hydrogen-bond acceptors (Lipinski definition) is 4. The highest BCUT2D eigenvalue weighted by Gasteiger charge is 2.32. The van der Waals surface area contributed by atoms with E-state index in [0.29, 0.717) is 24.5 Å². The van der Waals surface area contributed by atoms with Gasteiger partial charge < -0.3 is 19.5 Å². The van der Waals surface area contributed by atoms with Gasteiger partial charge in [-0.15, -0.1) is 0 Å². The first-order valence-corrected chi connectivity index (χ1v) is 6.76. The van der Waals surface area contributed by atoms with Crippen molar-refractivity contribution < 1.29 is 24.2 Å². The molecule has 1 fully saturated rings. The molecule has 110 valence electrons. The van der Waals surface area contributed by atoms with Crippen LogP contribution in [0.3, 0.4) is 0 Å². The molecule has 6 heteroatoms. The molecule has 0 saturated carbocycles. The summed E-state index contributed by atoms with van der Waals surface area (Å²) in [4.78, 5) is 24.6. The van der Waals surface area contributed by atoms with Crippen molar-refractivity contribution in [1.82, 2.24) is 4.90 Å². The van der Waals surface area contributed by atoms with Gasteiger partial charge in [0.2, 0.25) is 12.7 Å². The van der Waals surface area contributed by atoms with Crippen LogP contribution in [0.4, 0.5) is 0 Å². The molecule has 0 aromatic heterocycles. The van der Waals surface area contributed by atoms with Crippen LogP contribution in [0.2, 0.25) is 0 Å². The predicted molar refractivity (Wildman–Crippen MR) is 74.0 cm³/mol. The van der Waals surface area contributed by atoms with E-state index in [0.717, 1.165) is 12.0 Å². The average Bonchev–Trinajstić information content (AvgIpc) is 3.12. The summed E-state index contributed by atoms with van der Waals surface area (Å²) >= 11 is 0. The molecule has 1 aromatic rings. The lowest BCUT2D eigenvalue weighted by molar-refractivity contribution is -0.146. The number of carbonyl (C=O) groups is 2. The Labute approximate surface area is 121 Å². The maximum atomic E-state index is 12.1. The van der Waals surface area contributed by atoms with Gasteiger partial charge in [-0.3, -0.25) is 4.79 Å². The van der Waals surface area contributed by atoms with Gasteiger partial charge in [0.05, 0.1) is 0 Å². The Morgan fingerprint density at radius 3 is 2.90 bits per heavy atom. The zero-order chi connectivity index (χ0) is 14.8. The smallest absolute Gasteiger partial charge is 0.326 e. The zero-order valence-corrected chi connectivity index (χ0v) is 11.3. The topological polar surface area (TPSA) is 76.1 Å². The van der Waals surface area contributed by atoms with Gasteiger partial charge in [-0.05, 0) is 36.6 Å². The summed E-state index contributed by atoms with van der Waals surface area (Å²) in [6.45, 7) is 0.691. The standard InChI is InChI=1S/C15H15NO5/c17-14(16-7-1-2-11(16)15(18)19)6-4-10-3-5-12-13(8-10)21-9-20-12/h3-6,8,11H,1-2,7,9H2,(H,18,19)/b6-4-/t11-/m0/s1. The fourth-order valence-corrected chi connectivity index (χ4v) is 2.57. The molecule has 1 amide bonds. The van der Waals surface area contributed by atoms with Gasteiger partial charge in [0.15, 0.2) is 11.5 Å². The first-order valence-electron chi connectivity index (χ1n) is 6.76. The number of aliphatic carboxylic acids is 1. The summed E-state index contributed by atoms with van der Waals surface area (Å²) in [6.07, 6.45) is 4.29. The minimum absolute atomic E-state index is 0.204. The number of benzene rings is 1. The van der Waals surface area contributed by atoms with E-state index in [2.05, 4.69) is 0 Å². The number of rotatable bonds is 3. The van der Waals surface area contributed by atoms with Crippen molar-refractivity contribution in [3.63, 3.8) is 0 Å². The summed E-state index contributed by atoms with van der Waals surface area (Å²) in [5, 5.41) is 9.08. The molecule has 0 radical (unpaired) electrons. The first-order chi connectivity index (χ1) is 10.1. The maximum Gasteiger partial charge on any atom is 0.326 e. The van der Waals surface area contributed by atoms with Crippen molar-refractivity contribution in [3.8, 4) is 11.5 Å². The molecular weight excluding hydrogens is 274 g/mol. The Hall–Kier alpha value is -2.50. The fourth-order valence-electron chi connectivity index (χ4n) is 2.57. The fraction of sp³-hybridized carbons (Fsp3) is 0.333. The summed E-state index contributed by atoms with van der Waals surface area (Å²) in [6, 6.07) is 4.67. The SMILES string of the molecule is O=C(O)[C@@H]1CCCN1C(=O)/C=C\c1ccc2c(c1)OCO2. The van der Waals surface area contributed by atoms with Gasteiger partial charge in [-0.2, -0.15) is 0 Å². The lowest BCUT2D eigenvalue weighted by atomic mass is 10.2. The normalized spacial score (nSPS) is 20.2. The highest BCUT2D eigenvalue weighted by Crippen LogP contribution is 2.32. The second-order valence-electron chi connectivity index (χ2n) is 4.97. The number of fused-ring (bicyclic) bond motifs is 1. The van der Waals surface area contributed by atoms with Crippen LogP contribution in [-0.4, -0.2) is 41.3 Å². The predicted octanol–water partition coefficient (Wildman–Crippen LogP) is 1.50.